The van der Waals surface area contributed by atoms with Crippen molar-refractivity contribution in [1.82, 2.24) is 10.3 Å². The number of anilines is 1. The van der Waals surface area contributed by atoms with Crippen LogP contribution in [0, 0.1) is 12.7 Å². The highest BCUT2D eigenvalue weighted by Crippen LogP contribution is 2.24. The van der Waals surface area contributed by atoms with Gasteiger partial charge in [-0.25, -0.2) is 14.2 Å². The molecule has 0 radical (unpaired) electrons. The van der Waals surface area contributed by atoms with Gasteiger partial charge in [0.15, 0.2) is 0 Å². The van der Waals surface area contributed by atoms with Gasteiger partial charge in [-0.1, -0.05) is 41.4 Å². The Labute approximate surface area is 160 Å². The first-order chi connectivity index (χ1) is 12.5. The molecule has 3 rings (SSSR count). The molecule has 0 saturated heterocycles. The monoisotopic (exact) mass is 389 g/mol. The van der Waals surface area contributed by atoms with Crippen LogP contribution in [0.1, 0.15) is 11.3 Å². The normalized spacial score (nSPS) is 10.6. The molecule has 0 aliphatic carbocycles. The molecule has 134 valence electrons. The van der Waals surface area contributed by atoms with Gasteiger partial charge in [0, 0.05) is 28.9 Å². The number of carbonyl (C=O) groups is 1. The van der Waals surface area contributed by atoms with Crippen LogP contribution in [0.5, 0.6) is 0 Å². The van der Waals surface area contributed by atoms with Crippen LogP contribution in [0.4, 0.5) is 14.9 Å². The molecule has 0 atom stereocenters. The molecule has 0 unspecified atom stereocenters. The molecular weight excluding hydrogens is 373 g/mol. The minimum absolute atomic E-state index is 0.0854. The number of benzene rings is 2. The van der Waals surface area contributed by atoms with Crippen molar-refractivity contribution in [1.29, 1.82) is 0 Å². The summed E-state index contributed by atoms with van der Waals surface area (Å²) in [5.41, 5.74) is 3.28. The minimum atomic E-state index is -0.574. The van der Waals surface area contributed by atoms with Gasteiger partial charge >= 0.3 is 6.03 Å². The van der Waals surface area contributed by atoms with Crippen LogP contribution in [0.15, 0.2) is 47.8 Å². The number of nitrogens with one attached hydrogen (secondary N) is 2. The van der Waals surface area contributed by atoms with Gasteiger partial charge in [-0.15, -0.1) is 11.3 Å². The smallest absolute Gasteiger partial charge is 0.319 e. The van der Waals surface area contributed by atoms with Gasteiger partial charge < -0.3 is 10.6 Å². The predicted molar refractivity (Wildman–Crippen MR) is 104 cm³/mol. The third-order valence-electron chi connectivity index (χ3n) is 3.70. The number of aromatic nitrogens is 1. The van der Waals surface area contributed by atoms with Crippen molar-refractivity contribution >= 4 is 34.7 Å². The van der Waals surface area contributed by atoms with Gasteiger partial charge in [-0.3, -0.25) is 0 Å². The predicted octanol–water partition coefficient (Wildman–Crippen LogP) is 5.28. The van der Waals surface area contributed by atoms with Crippen LogP contribution in [-0.2, 0) is 6.42 Å². The second-order valence-electron chi connectivity index (χ2n) is 5.77. The van der Waals surface area contributed by atoms with E-state index in [1.165, 1.54) is 17.7 Å². The Balaban J connectivity index is 1.50. The Morgan fingerprint density at radius 2 is 2.00 bits per heavy atom. The van der Waals surface area contributed by atoms with Crippen molar-refractivity contribution in [2.45, 2.75) is 13.3 Å². The maximum Gasteiger partial charge on any atom is 0.319 e. The van der Waals surface area contributed by atoms with E-state index in [1.807, 2.05) is 24.4 Å². The maximum absolute atomic E-state index is 13.7. The number of rotatable bonds is 5. The first kappa shape index (κ1) is 18.4. The molecule has 1 aromatic heterocycles. The van der Waals surface area contributed by atoms with Crippen molar-refractivity contribution in [3.05, 3.63) is 69.9 Å². The van der Waals surface area contributed by atoms with E-state index in [1.54, 1.807) is 11.3 Å². The fourth-order valence-electron chi connectivity index (χ4n) is 2.31. The Morgan fingerprint density at radius 1 is 1.23 bits per heavy atom. The van der Waals surface area contributed by atoms with Crippen LogP contribution in [0.25, 0.3) is 10.6 Å². The molecule has 0 saturated carbocycles. The number of hydrogen-bond donors (Lipinski definition) is 2. The second kappa shape index (κ2) is 8.29. The number of halogens is 2. The molecule has 0 aliphatic rings. The molecule has 0 aliphatic heterocycles. The van der Waals surface area contributed by atoms with E-state index in [-0.39, 0.29) is 10.7 Å². The average molecular weight is 390 g/mol. The van der Waals surface area contributed by atoms with Crippen molar-refractivity contribution < 1.29 is 9.18 Å². The van der Waals surface area contributed by atoms with E-state index in [0.717, 1.165) is 22.3 Å². The molecule has 0 spiro atoms. The van der Waals surface area contributed by atoms with Crippen molar-refractivity contribution in [2.24, 2.45) is 0 Å². The van der Waals surface area contributed by atoms with Gasteiger partial charge in [-0.2, -0.15) is 0 Å². The molecular formula is C19H17ClFN3OS. The maximum atomic E-state index is 13.7. The third kappa shape index (κ3) is 4.80. The fourth-order valence-corrected chi connectivity index (χ4v) is 3.33. The van der Waals surface area contributed by atoms with E-state index in [2.05, 4.69) is 27.8 Å². The molecule has 3 aromatic rings. The van der Waals surface area contributed by atoms with Crippen LogP contribution >= 0.6 is 22.9 Å². The zero-order valence-electron chi connectivity index (χ0n) is 14.1. The average Bonchev–Trinajstić information content (AvgIpc) is 3.07. The largest absolute Gasteiger partial charge is 0.337 e. The van der Waals surface area contributed by atoms with Crippen LogP contribution in [0.2, 0.25) is 5.02 Å². The number of thiazole rings is 1. The van der Waals surface area contributed by atoms with Gasteiger partial charge in [0.05, 0.1) is 11.4 Å². The summed E-state index contributed by atoms with van der Waals surface area (Å²) in [7, 11) is 0. The van der Waals surface area contributed by atoms with E-state index < -0.39 is 11.8 Å². The zero-order chi connectivity index (χ0) is 18.5. The molecule has 0 bridgehead atoms. The van der Waals surface area contributed by atoms with Crippen LogP contribution < -0.4 is 10.6 Å². The molecule has 4 nitrogen and oxygen atoms in total. The molecule has 2 aromatic carbocycles. The van der Waals surface area contributed by atoms with Gasteiger partial charge in [0.1, 0.15) is 10.8 Å². The van der Waals surface area contributed by atoms with Crippen molar-refractivity contribution in [3.63, 3.8) is 0 Å². The Bertz CT molecular complexity index is 911. The van der Waals surface area contributed by atoms with Crippen LogP contribution in [0.3, 0.4) is 0 Å². The first-order valence-corrected chi connectivity index (χ1v) is 9.28. The number of hydrogen-bond acceptors (Lipinski definition) is 3. The Hall–Kier alpha value is -2.44. The van der Waals surface area contributed by atoms with Gasteiger partial charge in [-0.05, 0) is 25.1 Å². The molecule has 2 N–H and O–H groups in total. The van der Waals surface area contributed by atoms with Crippen molar-refractivity contribution in [2.75, 3.05) is 11.9 Å². The Kier molecular flexibility index (Phi) is 5.85. The van der Waals surface area contributed by atoms with Gasteiger partial charge in [0.2, 0.25) is 0 Å². The summed E-state index contributed by atoms with van der Waals surface area (Å²) in [5.74, 6) is -0.574. The quantitative estimate of drug-likeness (QED) is 0.624. The molecule has 7 heteroatoms. The fraction of sp³-hybridized carbons (Fsp3) is 0.158. The molecule has 26 heavy (non-hydrogen) atoms. The van der Waals surface area contributed by atoms with Crippen molar-refractivity contribution in [3.8, 4) is 10.6 Å². The SMILES string of the molecule is Cc1ccc(-c2nc(CCNC(=O)Nc3ccc(Cl)cc3F)cs2)cc1. The highest BCUT2D eigenvalue weighted by atomic mass is 35.5. The van der Waals surface area contributed by atoms with E-state index in [4.69, 9.17) is 11.6 Å². The summed E-state index contributed by atoms with van der Waals surface area (Å²) in [5, 5.41) is 8.36. The van der Waals surface area contributed by atoms with E-state index in [9.17, 15) is 9.18 Å². The van der Waals surface area contributed by atoms with Gasteiger partial charge in [0.25, 0.3) is 0 Å². The topological polar surface area (TPSA) is 54.0 Å². The lowest BCUT2D eigenvalue weighted by Gasteiger charge is -2.08. The number of amides is 2. The number of aryl methyl sites for hydroxylation is 1. The number of carbonyl (C=O) groups excluding carboxylic acids is 1. The minimum Gasteiger partial charge on any atom is -0.337 e. The standard InChI is InChI=1S/C19H17ClFN3OS/c1-12-2-4-13(5-3-12)18-23-15(11-26-18)8-9-22-19(25)24-17-7-6-14(20)10-16(17)21/h2-7,10-11H,8-9H2,1H3,(H2,22,24,25). The van der Waals surface area contributed by atoms with E-state index >= 15 is 0 Å². The molecule has 1 heterocycles. The second-order valence-corrected chi connectivity index (χ2v) is 7.06. The summed E-state index contributed by atoms with van der Waals surface area (Å²) in [6.45, 7) is 2.45. The summed E-state index contributed by atoms with van der Waals surface area (Å²) >= 11 is 7.26. The molecule has 0 fully saturated rings. The Morgan fingerprint density at radius 3 is 2.73 bits per heavy atom. The van der Waals surface area contributed by atoms with Crippen LogP contribution in [-0.4, -0.2) is 17.6 Å². The zero-order valence-corrected chi connectivity index (χ0v) is 15.6. The summed E-state index contributed by atoms with van der Waals surface area (Å²) < 4.78 is 13.7. The lowest BCUT2D eigenvalue weighted by atomic mass is 10.2. The third-order valence-corrected chi connectivity index (χ3v) is 4.87. The lowest BCUT2D eigenvalue weighted by molar-refractivity contribution is 0.252. The highest BCUT2D eigenvalue weighted by molar-refractivity contribution is 7.13. The highest BCUT2D eigenvalue weighted by Gasteiger charge is 2.08. The number of urea groups is 1. The lowest BCUT2D eigenvalue weighted by Crippen LogP contribution is -2.30. The number of nitrogens with zero attached hydrogens (tertiary/aromatic N) is 1. The summed E-state index contributed by atoms with van der Waals surface area (Å²) in [4.78, 5) is 16.4. The molecule has 2 amide bonds. The summed E-state index contributed by atoms with van der Waals surface area (Å²) in [6.07, 6.45) is 0.596. The first-order valence-electron chi connectivity index (χ1n) is 8.02. The van der Waals surface area contributed by atoms with E-state index in [0.29, 0.717) is 13.0 Å². The summed E-state index contributed by atoms with van der Waals surface area (Å²) in [6, 6.07) is 11.8.